The summed E-state index contributed by atoms with van der Waals surface area (Å²) in [5, 5.41) is 20.4. The Bertz CT molecular complexity index is 986. The summed E-state index contributed by atoms with van der Waals surface area (Å²) in [6.45, 7) is 0.00218. The third-order valence-electron chi connectivity index (χ3n) is 3.59. The molecule has 2 aromatic carbocycles. The van der Waals surface area contributed by atoms with Crippen LogP contribution in [0.25, 0.3) is 23.1 Å². The minimum absolute atomic E-state index is 0.00218. The summed E-state index contributed by atoms with van der Waals surface area (Å²) >= 11 is 0. The van der Waals surface area contributed by atoms with E-state index in [1.807, 2.05) is 30.3 Å². The van der Waals surface area contributed by atoms with Crippen LogP contribution in [0.4, 0.5) is 0 Å². The van der Waals surface area contributed by atoms with Gasteiger partial charge in [-0.3, -0.25) is 0 Å². The van der Waals surface area contributed by atoms with Gasteiger partial charge in [0, 0.05) is 10.9 Å². The van der Waals surface area contributed by atoms with Gasteiger partial charge in [0.25, 0.3) is 0 Å². The number of pyridine rings is 1. The van der Waals surface area contributed by atoms with Crippen molar-refractivity contribution < 1.29 is 14.6 Å². The van der Waals surface area contributed by atoms with Crippen LogP contribution in [0.5, 0.6) is 5.75 Å². The number of nitriles is 1. The summed E-state index contributed by atoms with van der Waals surface area (Å²) in [5.41, 5.74) is 2.14. The van der Waals surface area contributed by atoms with E-state index < -0.39 is 5.97 Å². The molecule has 5 nitrogen and oxygen atoms in total. The van der Waals surface area contributed by atoms with Crippen molar-refractivity contribution in [2.45, 2.75) is 0 Å². The molecule has 0 unspecified atom stereocenters. The largest absolute Gasteiger partial charge is 0.545 e. The molecule has 0 amide bonds. The standard InChI is InChI=1S/C20H14N2O3/c21-11-12-25-16-9-6-14(7-10-16)5-8-15-13-18(20(23)24)17-3-1-2-4-19(17)22-15/h1-10,13H,12H2,(H,23,24)/p-1/b8-5+. The Balaban J connectivity index is 1.88. The van der Waals surface area contributed by atoms with Crippen LogP contribution in [0.1, 0.15) is 21.6 Å². The molecule has 0 bridgehead atoms. The molecule has 0 aliphatic carbocycles. The van der Waals surface area contributed by atoms with Crippen molar-refractivity contribution in [1.82, 2.24) is 4.98 Å². The van der Waals surface area contributed by atoms with Crippen LogP contribution in [0.15, 0.2) is 54.6 Å². The minimum Gasteiger partial charge on any atom is -0.545 e. The molecule has 1 aromatic heterocycles. The zero-order chi connectivity index (χ0) is 17.6. The maximum absolute atomic E-state index is 11.4. The first-order valence-electron chi connectivity index (χ1n) is 7.56. The first kappa shape index (κ1) is 16.2. The van der Waals surface area contributed by atoms with Crippen molar-refractivity contribution in [2.24, 2.45) is 0 Å². The molecule has 0 aliphatic heterocycles. The summed E-state index contributed by atoms with van der Waals surface area (Å²) in [5.74, 6) is -0.617. The lowest BCUT2D eigenvalue weighted by Gasteiger charge is -2.08. The number of ether oxygens (including phenoxy) is 1. The van der Waals surface area contributed by atoms with Crippen LogP contribution < -0.4 is 9.84 Å². The van der Waals surface area contributed by atoms with E-state index in [9.17, 15) is 9.90 Å². The fourth-order valence-corrected chi connectivity index (χ4v) is 2.42. The minimum atomic E-state index is -1.23. The molecular weight excluding hydrogens is 316 g/mol. The Labute approximate surface area is 144 Å². The highest BCUT2D eigenvalue weighted by Gasteiger charge is 2.05. The highest BCUT2D eigenvalue weighted by atomic mass is 16.5. The Morgan fingerprint density at radius 1 is 1.16 bits per heavy atom. The predicted molar refractivity (Wildman–Crippen MR) is 92.6 cm³/mol. The summed E-state index contributed by atoms with van der Waals surface area (Å²) in [6.07, 6.45) is 3.56. The van der Waals surface area contributed by atoms with Crippen molar-refractivity contribution >= 4 is 29.0 Å². The van der Waals surface area contributed by atoms with E-state index in [1.54, 1.807) is 36.4 Å². The molecule has 1 heterocycles. The van der Waals surface area contributed by atoms with Crippen LogP contribution in [0.3, 0.4) is 0 Å². The van der Waals surface area contributed by atoms with Gasteiger partial charge in [-0.05, 0) is 35.9 Å². The molecule has 0 fully saturated rings. The fourth-order valence-electron chi connectivity index (χ4n) is 2.42. The van der Waals surface area contributed by atoms with E-state index in [0.717, 1.165) is 5.56 Å². The number of benzene rings is 2. The van der Waals surface area contributed by atoms with E-state index in [2.05, 4.69) is 4.98 Å². The molecule has 0 saturated carbocycles. The number of para-hydroxylation sites is 1. The third-order valence-corrected chi connectivity index (χ3v) is 3.59. The molecule has 3 aromatic rings. The number of carboxylic acid groups (broad SMARTS) is 1. The Morgan fingerprint density at radius 3 is 2.64 bits per heavy atom. The maximum atomic E-state index is 11.4. The van der Waals surface area contributed by atoms with E-state index >= 15 is 0 Å². The second-order valence-electron chi connectivity index (χ2n) is 5.25. The average Bonchev–Trinajstić information content (AvgIpc) is 2.64. The first-order valence-corrected chi connectivity index (χ1v) is 7.56. The molecular formula is C20H13N2O3-. The van der Waals surface area contributed by atoms with Gasteiger partial charge in [0.2, 0.25) is 0 Å². The molecule has 3 rings (SSSR count). The molecule has 0 spiro atoms. The molecule has 0 N–H and O–H groups in total. The lowest BCUT2D eigenvalue weighted by molar-refractivity contribution is -0.254. The van der Waals surface area contributed by atoms with Gasteiger partial charge < -0.3 is 14.6 Å². The molecule has 0 saturated heterocycles. The van der Waals surface area contributed by atoms with Crippen LogP contribution in [0.2, 0.25) is 0 Å². The van der Waals surface area contributed by atoms with Gasteiger partial charge in [-0.2, -0.15) is 5.26 Å². The fraction of sp³-hybridized carbons (Fsp3) is 0.0500. The summed E-state index contributed by atoms with van der Waals surface area (Å²) in [4.78, 5) is 15.8. The van der Waals surface area contributed by atoms with Gasteiger partial charge in [-0.1, -0.05) is 36.4 Å². The molecule has 5 heteroatoms. The monoisotopic (exact) mass is 329 g/mol. The number of carboxylic acids is 1. The average molecular weight is 329 g/mol. The summed E-state index contributed by atoms with van der Waals surface area (Å²) in [6, 6.07) is 17.7. The number of nitrogens with zero attached hydrogens (tertiary/aromatic N) is 2. The zero-order valence-corrected chi connectivity index (χ0v) is 13.2. The molecule has 0 aliphatic rings. The highest BCUT2D eigenvalue weighted by Crippen LogP contribution is 2.20. The SMILES string of the molecule is N#CCOc1ccc(/C=C/c2cc(C(=O)[O-])c3ccccc3n2)cc1. The van der Waals surface area contributed by atoms with Crippen LogP contribution in [-0.2, 0) is 0 Å². The number of aromatic carboxylic acids is 1. The Morgan fingerprint density at radius 2 is 1.92 bits per heavy atom. The molecule has 122 valence electrons. The number of fused-ring (bicyclic) bond motifs is 1. The van der Waals surface area contributed by atoms with Crippen molar-refractivity contribution in [2.75, 3.05) is 6.61 Å². The number of carbonyl (C=O) groups excluding carboxylic acids is 1. The molecule has 0 radical (unpaired) electrons. The van der Waals surface area contributed by atoms with E-state index in [-0.39, 0.29) is 12.2 Å². The third kappa shape index (κ3) is 3.82. The second-order valence-corrected chi connectivity index (χ2v) is 5.25. The Kier molecular flexibility index (Phi) is 4.72. The molecule has 25 heavy (non-hydrogen) atoms. The van der Waals surface area contributed by atoms with Crippen molar-refractivity contribution in [1.29, 1.82) is 5.26 Å². The van der Waals surface area contributed by atoms with Gasteiger partial charge in [0.15, 0.2) is 6.61 Å². The zero-order valence-electron chi connectivity index (χ0n) is 13.2. The maximum Gasteiger partial charge on any atom is 0.174 e. The van der Waals surface area contributed by atoms with E-state index in [1.165, 1.54) is 6.07 Å². The van der Waals surface area contributed by atoms with Gasteiger partial charge in [0.1, 0.15) is 11.8 Å². The van der Waals surface area contributed by atoms with Gasteiger partial charge in [-0.15, -0.1) is 0 Å². The number of hydrogen-bond acceptors (Lipinski definition) is 5. The van der Waals surface area contributed by atoms with Crippen LogP contribution in [-0.4, -0.2) is 17.6 Å². The quantitative estimate of drug-likeness (QED) is 0.718. The smallest absolute Gasteiger partial charge is 0.174 e. The van der Waals surface area contributed by atoms with Crippen LogP contribution in [0, 0.1) is 11.3 Å². The first-order chi connectivity index (χ1) is 12.2. The van der Waals surface area contributed by atoms with Gasteiger partial charge in [0.05, 0.1) is 17.2 Å². The second kappa shape index (κ2) is 7.28. The lowest BCUT2D eigenvalue weighted by atomic mass is 10.1. The summed E-state index contributed by atoms with van der Waals surface area (Å²) < 4.78 is 5.19. The van der Waals surface area contributed by atoms with E-state index in [0.29, 0.717) is 22.3 Å². The van der Waals surface area contributed by atoms with Crippen molar-refractivity contribution in [3.63, 3.8) is 0 Å². The highest BCUT2D eigenvalue weighted by molar-refractivity contribution is 6.02. The Hall–Kier alpha value is -3.65. The van der Waals surface area contributed by atoms with Gasteiger partial charge in [-0.25, -0.2) is 4.98 Å². The van der Waals surface area contributed by atoms with Crippen molar-refractivity contribution in [3.05, 3.63) is 71.4 Å². The number of hydrogen-bond donors (Lipinski definition) is 0. The number of carbonyl (C=O) groups is 1. The number of aromatic nitrogens is 1. The molecule has 0 atom stereocenters. The number of rotatable bonds is 5. The van der Waals surface area contributed by atoms with Crippen LogP contribution >= 0.6 is 0 Å². The topological polar surface area (TPSA) is 86.0 Å². The van der Waals surface area contributed by atoms with E-state index in [4.69, 9.17) is 10.00 Å². The van der Waals surface area contributed by atoms with Gasteiger partial charge >= 0.3 is 0 Å². The lowest BCUT2D eigenvalue weighted by Crippen LogP contribution is -2.22. The summed E-state index contributed by atoms with van der Waals surface area (Å²) in [7, 11) is 0. The normalized spacial score (nSPS) is 10.7. The predicted octanol–water partition coefficient (Wildman–Crippen LogP) is 2.67. The van der Waals surface area contributed by atoms with Crippen molar-refractivity contribution in [3.8, 4) is 11.8 Å².